The Kier molecular flexibility index (Phi) is 7.35. The number of hydrogen-bond donors (Lipinski definition) is 1. The Labute approximate surface area is 218 Å². The van der Waals surface area contributed by atoms with E-state index in [1.54, 1.807) is 73.8 Å². The van der Waals surface area contributed by atoms with Gasteiger partial charge in [0.1, 0.15) is 23.0 Å². The van der Waals surface area contributed by atoms with Crippen LogP contribution in [0, 0.1) is 0 Å². The molecule has 1 heterocycles. The Morgan fingerprint density at radius 2 is 1.56 bits per heavy atom. The van der Waals surface area contributed by atoms with Crippen molar-refractivity contribution in [2.45, 2.75) is 26.0 Å². The zero-order valence-corrected chi connectivity index (χ0v) is 21.9. The Hall–Kier alpha value is -3.78. The van der Waals surface area contributed by atoms with Crippen molar-refractivity contribution in [1.29, 1.82) is 0 Å². The van der Waals surface area contributed by atoms with Crippen LogP contribution in [0.5, 0.6) is 17.2 Å². The number of aliphatic hydroxyl groups is 1. The van der Waals surface area contributed by atoms with Crippen molar-refractivity contribution in [1.82, 2.24) is 0 Å². The van der Waals surface area contributed by atoms with Gasteiger partial charge in [-0.15, -0.1) is 0 Å². The molecule has 8 heteroatoms. The highest BCUT2D eigenvalue weighted by molar-refractivity contribution is 9.10. The van der Waals surface area contributed by atoms with Crippen molar-refractivity contribution >= 4 is 39.1 Å². The summed E-state index contributed by atoms with van der Waals surface area (Å²) in [7, 11) is 3.09. The van der Waals surface area contributed by atoms with Crippen molar-refractivity contribution < 1.29 is 28.9 Å². The molecule has 0 saturated carbocycles. The largest absolute Gasteiger partial charge is 0.507 e. The van der Waals surface area contributed by atoms with Gasteiger partial charge in [-0.3, -0.25) is 14.5 Å². The number of aliphatic hydroxyl groups excluding tert-OH is 1. The lowest BCUT2D eigenvalue weighted by Gasteiger charge is -2.26. The summed E-state index contributed by atoms with van der Waals surface area (Å²) in [6.45, 7) is 3.85. The molecule has 0 spiro atoms. The first-order valence-electron chi connectivity index (χ1n) is 11.3. The second kappa shape index (κ2) is 10.5. The predicted octanol–water partition coefficient (Wildman–Crippen LogP) is 5.88. The maximum absolute atomic E-state index is 13.3. The highest BCUT2D eigenvalue weighted by Gasteiger charge is 2.47. The molecule has 3 aromatic rings. The van der Waals surface area contributed by atoms with Crippen LogP contribution in [0.3, 0.4) is 0 Å². The summed E-state index contributed by atoms with van der Waals surface area (Å²) < 4.78 is 16.9. The number of nitrogens with zero attached hydrogens (tertiary/aromatic N) is 1. The Bertz CT molecular complexity index is 1310. The molecule has 1 fully saturated rings. The lowest BCUT2D eigenvalue weighted by atomic mass is 9.95. The van der Waals surface area contributed by atoms with Gasteiger partial charge in [0.15, 0.2) is 0 Å². The van der Waals surface area contributed by atoms with Crippen molar-refractivity contribution in [3.63, 3.8) is 0 Å². The van der Waals surface area contributed by atoms with E-state index in [1.165, 1.54) is 12.0 Å². The van der Waals surface area contributed by atoms with E-state index in [2.05, 4.69) is 15.9 Å². The van der Waals surface area contributed by atoms with Gasteiger partial charge in [-0.25, -0.2) is 0 Å². The van der Waals surface area contributed by atoms with Crippen LogP contribution in [-0.4, -0.2) is 37.1 Å². The fourth-order valence-electron chi connectivity index (χ4n) is 4.13. The molecule has 0 radical (unpaired) electrons. The number of hydrogen-bond acceptors (Lipinski definition) is 6. The van der Waals surface area contributed by atoms with Crippen LogP contribution in [0.25, 0.3) is 5.76 Å². The summed E-state index contributed by atoms with van der Waals surface area (Å²) in [5.74, 6) is 0.0619. The number of benzene rings is 3. The third-order valence-corrected chi connectivity index (χ3v) is 6.41. The molecular formula is C28H26BrNO6. The van der Waals surface area contributed by atoms with E-state index in [0.29, 0.717) is 38.5 Å². The number of halogens is 1. The average Bonchev–Trinajstić information content (AvgIpc) is 3.14. The number of methoxy groups -OCH3 is 2. The van der Waals surface area contributed by atoms with E-state index >= 15 is 0 Å². The van der Waals surface area contributed by atoms with E-state index < -0.39 is 17.7 Å². The van der Waals surface area contributed by atoms with E-state index in [9.17, 15) is 14.7 Å². The molecular weight excluding hydrogens is 526 g/mol. The smallest absolute Gasteiger partial charge is 0.300 e. The molecule has 1 aliphatic heterocycles. The fourth-order valence-corrected chi connectivity index (χ4v) is 4.67. The first-order valence-corrected chi connectivity index (χ1v) is 12.1. The molecule has 1 saturated heterocycles. The van der Waals surface area contributed by atoms with Crippen LogP contribution in [0.1, 0.15) is 31.0 Å². The van der Waals surface area contributed by atoms with Crippen LogP contribution in [0.15, 0.2) is 76.8 Å². The minimum atomic E-state index is -0.853. The van der Waals surface area contributed by atoms with E-state index in [-0.39, 0.29) is 17.4 Å². The van der Waals surface area contributed by atoms with E-state index in [1.807, 2.05) is 13.8 Å². The Morgan fingerprint density at radius 3 is 2.11 bits per heavy atom. The number of carbonyl (C=O) groups is 2. The van der Waals surface area contributed by atoms with Crippen molar-refractivity contribution in [2.75, 3.05) is 19.1 Å². The van der Waals surface area contributed by atoms with Crippen LogP contribution in [0.2, 0.25) is 0 Å². The quantitative estimate of drug-likeness (QED) is 0.224. The maximum Gasteiger partial charge on any atom is 0.300 e. The third-order valence-electron chi connectivity index (χ3n) is 5.79. The Morgan fingerprint density at radius 1 is 0.917 bits per heavy atom. The zero-order chi connectivity index (χ0) is 26.0. The summed E-state index contributed by atoms with van der Waals surface area (Å²) >= 11 is 3.41. The second-order valence-corrected chi connectivity index (χ2v) is 9.31. The van der Waals surface area contributed by atoms with E-state index in [4.69, 9.17) is 14.2 Å². The minimum absolute atomic E-state index is 0.00630. The van der Waals surface area contributed by atoms with Crippen LogP contribution in [0.4, 0.5) is 5.69 Å². The standard InChI is InChI=1S/C28H26BrNO6/c1-16(2)36-21-12-8-19(9-13-21)30-25(17-5-10-20(34-3)11-6-17)24(27(32)28(30)33)26(31)18-7-14-23(35-4)22(29)15-18/h5-16,25,31H,1-4H3/b26-24-. The van der Waals surface area contributed by atoms with Gasteiger partial charge in [-0.05, 0) is 89.9 Å². The van der Waals surface area contributed by atoms with Gasteiger partial charge < -0.3 is 19.3 Å². The lowest BCUT2D eigenvalue weighted by molar-refractivity contribution is -0.132. The monoisotopic (exact) mass is 551 g/mol. The molecule has 3 aromatic carbocycles. The molecule has 1 atom stereocenters. The highest BCUT2D eigenvalue weighted by Crippen LogP contribution is 2.43. The van der Waals surface area contributed by atoms with Crippen LogP contribution >= 0.6 is 15.9 Å². The number of ketones is 1. The first-order chi connectivity index (χ1) is 17.2. The Balaban J connectivity index is 1.87. The second-order valence-electron chi connectivity index (χ2n) is 8.45. The highest BCUT2D eigenvalue weighted by atomic mass is 79.9. The summed E-state index contributed by atoms with van der Waals surface area (Å²) in [6.07, 6.45) is -0.00630. The molecule has 1 N–H and O–H groups in total. The fraction of sp³-hybridized carbons (Fsp3) is 0.214. The summed E-state index contributed by atoms with van der Waals surface area (Å²) in [5, 5.41) is 11.3. The van der Waals surface area contributed by atoms with Crippen molar-refractivity contribution in [3.8, 4) is 17.2 Å². The summed E-state index contributed by atoms with van der Waals surface area (Å²) in [4.78, 5) is 28.1. The number of anilines is 1. The molecule has 36 heavy (non-hydrogen) atoms. The van der Waals surface area contributed by atoms with Gasteiger partial charge in [0.05, 0.1) is 36.4 Å². The summed E-state index contributed by atoms with van der Waals surface area (Å²) in [5.41, 5.74) is 1.51. The van der Waals surface area contributed by atoms with Crippen LogP contribution < -0.4 is 19.1 Å². The first kappa shape index (κ1) is 25.3. The zero-order valence-electron chi connectivity index (χ0n) is 20.3. The van der Waals surface area contributed by atoms with Gasteiger partial charge in [0, 0.05) is 11.3 Å². The number of ether oxygens (including phenoxy) is 3. The van der Waals surface area contributed by atoms with Gasteiger partial charge in [-0.1, -0.05) is 12.1 Å². The maximum atomic E-state index is 13.3. The molecule has 1 aliphatic rings. The molecule has 1 unspecified atom stereocenters. The molecule has 4 rings (SSSR count). The molecule has 0 bridgehead atoms. The predicted molar refractivity (Wildman–Crippen MR) is 141 cm³/mol. The number of amides is 1. The molecule has 0 aliphatic carbocycles. The minimum Gasteiger partial charge on any atom is -0.507 e. The third kappa shape index (κ3) is 4.81. The lowest BCUT2D eigenvalue weighted by Crippen LogP contribution is -2.29. The molecule has 1 amide bonds. The molecule has 0 aromatic heterocycles. The summed E-state index contributed by atoms with van der Waals surface area (Å²) in [6, 6.07) is 18.1. The number of Topliss-reactive ketones (excluding diaryl/α,β-unsaturated/α-hetero) is 1. The van der Waals surface area contributed by atoms with Crippen LogP contribution in [-0.2, 0) is 9.59 Å². The number of rotatable bonds is 7. The van der Waals surface area contributed by atoms with Gasteiger partial charge in [-0.2, -0.15) is 0 Å². The van der Waals surface area contributed by atoms with E-state index in [0.717, 1.165) is 0 Å². The van der Waals surface area contributed by atoms with Gasteiger partial charge in [0.2, 0.25) is 0 Å². The molecule has 186 valence electrons. The molecule has 7 nitrogen and oxygen atoms in total. The topological polar surface area (TPSA) is 85.3 Å². The van der Waals surface area contributed by atoms with Crippen molar-refractivity contribution in [2.24, 2.45) is 0 Å². The normalized spacial score (nSPS) is 16.9. The van der Waals surface area contributed by atoms with Gasteiger partial charge >= 0.3 is 0 Å². The average molecular weight is 552 g/mol. The SMILES string of the molecule is COc1ccc(C2/C(=C(/O)c3ccc(OC)c(Br)c3)C(=O)C(=O)N2c2ccc(OC(C)C)cc2)cc1. The van der Waals surface area contributed by atoms with Gasteiger partial charge in [0.25, 0.3) is 11.7 Å². The number of carbonyl (C=O) groups excluding carboxylic acids is 2. The van der Waals surface area contributed by atoms with Crippen molar-refractivity contribution in [3.05, 3.63) is 87.9 Å².